The van der Waals surface area contributed by atoms with Gasteiger partial charge in [-0.3, -0.25) is 4.79 Å². The van der Waals surface area contributed by atoms with Crippen molar-refractivity contribution in [2.75, 3.05) is 23.3 Å². The molecule has 1 spiro atoms. The Morgan fingerprint density at radius 2 is 1.78 bits per heavy atom. The van der Waals surface area contributed by atoms with Crippen LogP contribution in [0.5, 0.6) is 0 Å². The Kier molecular flexibility index (Phi) is 7.64. The third-order valence-corrected chi connectivity index (χ3v) is 6.12. The van der Waals surface area contributed by atoms with Gasteiger partial charge in [-0.2, -0.15) is 13.2 Å². The highest BCUT2D eigenvalue weighted by atomic mass is 35.5. The van der Waals surface area contributed by atoms with Crippen molar-refractivity contribution in [3.8, 4) is 0 Å². The number of piperidine rings is 1. The van der Waals surface area contributed by atoms with E-state index in [9.17, 15) is 18.0 Å². The lowest BCUT2D eigenvalue weighted by atomic mass is 9.88. The first kappa shape index (κ1) is 26.4. The largest absolute Gasteiger partial charge is 0.490 e. The minimum absolute atomic E-state index is 0.190. The van der Waals surface area contributed by atoms with Crippen molar-refractivity contribution in [2.24, 2.45) is 0 Å². The standard InChI is InChI=1S/C21H21ClN6O2.C2HF3O2/c22-15-3-1-4-16(13-15)26-18(29)17-14-28-12-9-23-19(28)21(30-17)5-10-27(11-6-21)20-24-7-2-8-25-20;3-2(4,5)1(6)7/h1-4,7-9,12-13,17H,5-6,10-11,14H2,(H,26,29);(H,6,7). The quantitative estimate of drug-likeness (QED) is 0.519. The number of benzene rings is 1. The molecule has 1 fully saturated rings. The van der Waals surface area contributed by atoms with Crippen LogP contribution >= 0.6 is 11.6 Å². The van der Waals surface area contributed by atoms with Gasteiger partial charge in [0.05, 0.1) is 6.54 Å². The number of fused-ring (bicyclic) bond motifs is 2. The number of carbonyl (C=O) groups is 2. The average Bonchev–Trinajstić information content (AvgIpc) is 3.35. The fourth-order valence-corrected chi connectivity index (χ4v) is 4.38. The summed E-state index contributed by atoms with van der Waals surface area (Å²) in [5.41, 5.74) is 0.0428. The molecule has 1 amide bonds. The topological polar surface area (TPSA) is 122 Å². The average molecular weight is 539 g/mol. The number of halogens is 4. The van der Waals surface area contributed by atoms with E-state index in [0.29, 0.717) is 36.0 Å². The lowest BCUT2D eigenvalue weighted by Crippen LogP contribution is -2.53. The molecule has 2 aliphatic heterocycles. The number of hydrogen-bond acceptors (Lipinski definition) is 7. The Balaban J connectivity index is 0.000000405. The van der Waals surface area contributed by atoms with Crippen LogP contribution < -0.4 is 10.2 Å². The molecule has 5 rings (SSSR count). The Morgan fingerprint density at radius 3 is 2.41 bits per heavy atom. The fourth-order valence-electron chi connectivity index (χ4n) is 4.19. The van der Waals surface area contributed by atoms with Crippen LogP contribution in [0.15, 0.2) is 55.1 Å². The molecule has 0 aliphatic carbocycles. The second-order valence-corrected chi connectivity index (χ2v) is 8.78. The van der Waals surface area contributed by atoms with Gasteiger partial charge in [-0.15, -0.1) is 0 Å². The summed E-state index contributed by atoms with van der Waals surface area (Å²) in [7, 11) is 0. The zero-order valence-corrected chi connectivity index (χ0v) is 20.0. The molecule has 0 saturated carbocycles. The molecule has 3 aromatic rings. The highest BCUT2D eigenvalue weighted by molar-refractivity contribution is 6.30. The van der Waals surface area contributed by atoms with Gasteiger partial charge in [0.2, 0.25) is 5.95 Å². The predicted octanol–water partition coefficient (Wildman–Crippen LogP) is 3.49. The van der Waals surface area contributed by atoms with Crippen LogP contribution in [0.1, 0.15) is 18.7 Å². The fraction of sp³-hybridized carbons (Fsp3) is 0.348. The Labute approximate surface area is 214 Å². The molecular weight excluding hydrogens is 517 g/mol. The first-order chi connectivity index (χ1) is 17.6. The molecule has 37 heavy (non-hydrogen) atoms. The van der Waals surface area contributed by atoms with Crippen molar-refractivity contribution >= 4 is 35.1 Å². The van der Waals surface area contributed by atoms with Gasteiger partial charge >= 0.3 is 12.1 Å². The molecule has 1 saturated heterocycles. The Hall–Kier alpha value is -3.71. The SMILES string of the molecule is O=C(Nc1cccc(Cl)c1)C1Cn2ccnc2C2(CCN(c3ncccn3)CC2)O1.O=C(O)C(F)(F)F. The van der Waals surface area contributed by atoms with Crippen molar-refractivity contribution in [3.05, 3.63) is 66.0 Å². The number of imidazole rings is 1. The summed E-state index contributed by atoms with van der Waals surface area (Å²) in [6.45, 7) is 1.87. The molecule has 1 atom stereocenters. The van der Waals surface area contributed by atoms with E-state index in [2.05, 4.69) is 25.2 Å². The number of hydrogen-bond donors (Lipinski definition) is 2. The van der Waals surface area contributed by atoms with E-state index in [1.807, 2.05) is 16.8 Å². The molecule has 0 bridgehead atoms. The smallest absolute Gasteiger partial charge is 0.475 e. The summed E-state index contributed by atoms with van der Waals surface area (Å²) in [6.07, 6.45) is 2.85. The summed E-state index contributed by atoms with van der Waals surface area (Å²) >= 11 is 6.04. The maximum absolute atomic E-state index is 13.0. The number of nitrogens with zero attached hydrogens (tertiary/aromatic N) is 5. The van der Waals surface area contributed by atoms with E-state index < -0.39 is 23.9 Å². The number of carboxylic acid groups (broad SMARTS) is 1. The van der Waals surface area contributed by atoms with Crippen molar-refractivity contribution in [3.63, 3.8) is 0 Å². The number of rotatable bonds is 3. The predicted molar refractivity (Wildman–Crippen MR) is 126 cm³/mol. The van der Waals surface area contributed by atoms with Gasteiger partial charge in [-0.25, -0.2) is 19.7 Å². The van der Waals surface area contributed by atoms with E-state index in [-0.39, 0.29) is 5.91 Å². The van der Waals surface area contributed by atoms with Crippen LogP contribution in [-0.4, -0.2) is 61.9 Å². The number of nitrogens with one attached hydrogen (secondary N) is 1. The summed E-state index contributed by atoms with van der Waals surface area (Å²) in [5.74, 6) is -1.36. The number of amides is 1. The van der Waals surface area contributed by atoms with Crippen molar-refractivity contribution in [1.29, 1.82) is 0 Å². The van der Waals surface area contributed by atoms with E-state index in [4.69, 9.17) is 26.2 Å². The Bertz CT molecular complexity index is 1250. The van der Waals surface area contributed by atoms with Crippen molar-refractivity contribution in [1.82, 2.24) is 19.5 Å². The third kappa shape index (κ3) is 6.17. The maximum Gasteiger partial charge on any atom is 0.490 e. The molecule has 1 aromatic carbocycles. The third-order valence-electron chi connectivity index (χ3n) is 5.89. The zero-order chi connectivity index (χ0) is 26.6. The van der Waals surface area contributed by atoms with Crippen LogP contribution in [0, 0.1) is 0 Å². The van der Waals surface area contributed by atoms with Gasteiger partial charge in [0.15, 0.2) is 6.10 Å². The van der Waals surface area contributed by atoms with E-state index in [1.165, 1.54) is 0 Å². The summed E-state index contributed by atoms with van der Waals surface area (Å²) in [5, 5.41) is 10.6. The zero-order valence-electron chi connectivity index (χ0n) is 19.2. The number of aliphatic carboxylic acids is 1. The van der Waals surface area contributed by atoms with Gasteiger partial charge < -0.3 is 24.6 Å². The second-order valence-electron chi connectivity index (χ2n) is 8.34. The van der Waals surface area contributed by atoms with E-state index in [1.54, 1.807) is 42.9 Å². The van der Waals surface area contributed by atoms with Gasteiger partial charge in [0.1, 0.15) is 11.4 Å². The molecule has 0 radical (unpaired) electrons. The highest BCUT2D eigenvalue weighted by Crippen LogP contribution is 2.40. The van der Waals surface area contributed by atoms with Crippen LogP contribution in [-0.2, 0) is 26.5 Å². The molecule has 196 valence electrons. The number of carboxylic acids is 1. The van der Waals surface area contributed by atoms with Crippen molar-refractivity contribution in [2.45, 2.75) is 37.3 Å². The van der Waals surface area contributed by atoms with Gasteiger partial charge in [0, 0.05) is 61.4 Å². The molecule has 2 aliphatic rings. The molecule has 1 unspecified atom stereocenters. The first-order valence-electron chi connectivity index (χ1n) is 11.2. The number of ether oxygens (including phenoxy) is 1. The van der Waals surface area contributed by atoms with Crippen LogP contribution in [0.4, 0.5) is 24.8 Å². The van der Waals surface area contributed by atoms with Crippen LogP contribution in [0.2, 0.25) is 5.02 Å². The Morgan fingerprint density at radius 1 is 1.11 bits per heavy atom. The van der Waals surface area contributed by atoms with Gasteiger partial charge in [-0.1, -0.05) is 17.7 Å². The molecular formula is C23H22ClF3N6O4. The molecule has 10 nitrogen and oxygen atoms in total. The second kappa shape index (κ2) is 10.7. The van der Waals surface area contributed by atoms with Crippen LogP contribution in [0.3, 0.4) is 0 Å². The molecule has 4 heterocycles. The normalized spacial score (nSPS) is 18.4. The molecule has 14 heteroatoms. The van der Waals surface area contributed by atoms with Gasteiger partial charge in [-0.05, 0) is 24.3 Å². The highest BCUT2D eigenvalue weighted by Gasteiger charge is 2.47. The lowest BCUT2D eigenvalue weighted by Gasteiger charge is -2.45. The van der Waals surface area contributed by atoms with E-state index >= 15 is 0 Å². The number of aromatic nitrogens is 4. The van der Waals surface area contributed by atoms with Crippen molar-refractivity contribution < 1.29 is 32.6 Å². The molecule has 2 N–H and O–H groups in total. The maximum atomic E-state index is 13.0. The number of alkyl halides is 3. The first-order valence-corrected chi connectivity index (χ1v) is 11.5. The van der Waals surface area contributed by atoms with E-state index in [0.717, 1.165) is 18.9 Å². The number of anilines is 2. The van der Waals surface area contributed by atoms with Gasteiger partial charge in [0.25, 0.3) is 5.91 Å². The summed E-state index contributed by atoms with van der Waals surface area (Å²) in [4.78, 5) is 37.3. The minimum atomic E-state index is -5.08. The molecule has 2 aromatic heterocycles. The lowest BCUT2D eigenvalue weighted by molar-refractivity contribution is -0.192. The van der Waals surface area contributed by atoms with Crippen LogP contribution in [0.25, 0.3) is 0 Å². The summed E-state index contributed by atoms with van der Waals surface area (Å²) < 4.78 is 40.2. The monoisotopic (exact) mass is 538 g/mol. The minimum Gasteiger partial charge on any atom is -0.475 e. The summed E-state index contributed by atoms with van der Waals surface area (Å²) in [6, 6.07) is 8.91. The number of carbonyl (C=O) groups excluding carboxylic acids is 1.